The quantitative estimate of drug-likeness (QED) is 0.0293. The number of carboxylic acids is 1. The predicted octanol–water partition coefficient (Wildman–Crippen LogP) is 7.45. The number of esters is 4. The fourth-order valence-corrected chi connectivity index (χ4v) is 13.6. The largest absolute Gasteiger partial charge is 0.542 e. The van der Waals surface area contributed by atoms with Crippen molar-refractivity contribution >= 4 is 67.8 Å². The number of carboxylic acid groups (broad SMARTS) is 1. The molecule has 2 N–H and O–H groups in total. The highest BCUT2D eigenvalue weighted by atomic mass is 28.3. The second kappa shape index (κ2) is 22.5. The summed E-state index contributed by atoms with van der Waals surface area (Å²) in [5, 5.41) is 14.7. The lowest BCUT2D eigenvalue weighted by atomic mass is 9.85. The van der Waals surface area contributed by atoms with Crippen molar-refractivity contribution in [2.75, 3.05) is 12.3 Å². The molecule has 4 aliphatic heterocycles. The number of carbonyl (C=O) groups excluding carboxylic acids is 5. The number of fused-ring (bicyclic) bond motifs is 10. The zero-order chi connectivity index (χ0) is 59.1. The molecule has 0 fully saturated rings. The highest BCUT2D eigenvalue weighted by molar-refractivity contribution is 6.78. The predicted molar refractivity (Wildman–Crippen MR) is 294 cm³/mol. The first-order valence-electron chi connectivity index (χ1n) is 26.3. The number of alkyl halides is 3. The molecular weight excluding hydrogens is 1090 g/mol. The highest BCUT2D eigenvalue weighted by Crippen LogP contribution is 2.45. The van der Waals surface area contributed by atoms with Crippen LogP contribution in [0, 0.1) is 0 Å². The maximum atomic E-state index is 13.8. The van der Waals surface area contributed by atoms with Gasteiger partial charge in [0.2, 0.25) is 11.2 Å². The van der Waals surface area contributed by atoms with Crippen molar-refractivity contribution in [3.8, 4) is 22.8 Å². The Labute approximate surface area is 464 Å². The first-order chi connectivity index (χ1) is 38.2. The average Bonchev–Trinajstić information content (AvgIpc) is 4.11. The van der Waals surface area contributed by atoms with Crippen LogP contribution < -0.4 is 22.0 Å². The molecule has 8 heterocycles. The Kier molecular flexibility index (Phi) is 16.4. The molecule has 0 spiro atoms. The number of halogens is 3. The van der Waals surface area contributed by atoms with E-state index in [0.717, 1.165) is 69.1 Å². The molecule has 0 saturated carbocycles. The molecule has 0 bridgehead atoms. The van der Waals surface area contributed by atoms with E-state index >= 15 is 0 Å². The number of hydrogen-bond donors (Lipinski definition) is 1. The molecule has 2 aromatic carbocycles. The summed E-state index contributed by atoms with van der Waals surface area (Å²) in [6.07, 6.45) is -2.04. The van der Waals surface area contributed by atoms with Gasteiger partial charge in [-0.05, 0) is 72.8 Å². The summed E-state index contributed by atoms with van der Waals surface area (Å²) in [5.41, 5.74) is 21.1. The van der Waals surface area contributed by atoms with E-state index in [2.05, 4.69) is 42.3 Å². The number of aryl methyl sites for hydroxylation is 2. The van der Waals surface area contributed by atoms with Crippen molar-refractivity contribution in [3.63, 3.8) is 0 Å². The van der Waals surface area contributed by atoms with Gasteiger partial charge < -0.3 is 43.7 Å². The van der Waals surface area contributed by atoms with Crippen LogP contribution in [0.4, 0.5) is 13.2 Å². The number of rotatable bonds is 13. The van der Waals surface area contributed by atoms with Gasteiger partial charge in [0.05, 0.1) is 74.2 Å². The Morgan fingerprint density at radius 3 is 1.48 bits per heavy atom. The smallest absolute Gasteiger partial charge is 0.430 e. The Bertz CT molecular complexity index is 3780. The Balaban J connectivity index is 0.000000190. The summed E-state index contributed by atoms with van der Waals surface area (Å²) < 4.78 is 56.8. The van der Waals surface area contributed by atoms with E-state index < -0.39 is 63.4 Å². The molecule has 0 radical (unpaired) electrons. The summed E-state index contributed by atoms with van der Waals surface area (Å²) in [6.45, 7) is 15.4. The lowest BCUT2D eigenvalue weighted by Crippen LogP contribution is -2.47. The molecule has 0 unspecified atom stereocenters. The third-order valence-electron chi connectivity index (χ3n) is 15.4. The third-order valence-corrected chi connectivity index (χ3v) is 20.8. The normalized spacial score (nSPS) is 17.5. The van der Waals surface area contributed by atoms with E-state index in [-0.39, 0.29) is 37.2 Å². The Morgan fingerprint density at radius 1 is 0.728 bits per heavy atom. The summed E-state index contributed by atoms with van der Waals surface area (Å²) in [5.74, 6) is -5.58. The second-order valence-electron chi connectivity index (χ2n) is 21.9. The molecule has 25 heteroatoms. The molecule has 2 atom stereocenters. The van der Waals surface area contributed by atoms with Crippen molar-refractivity contribution in [1.82, 2.24) is 19.1 Å². The molecule has 4 aromatic heterocycles. The van der Waals surface area contributed by atoms with E-state index in [1.807, 2.05) is 42.5 Å². The summed E-state index contributed by atoms with van der Waals surface area (Å²) in [6, 6.07) is 21.5. The zero-order valence-electron chi connectivity index (χ0n) is 46.0. The van der Waals surface area contributed by atoms with Crippen LogP contribution in [0.5, 0.6) is 0 Å². The number of pyridine rings is 4. The van der Waals surface area contributed by atoms with Crippen molar-refractivity contribution in [1.29, 1.82) is 0 Å². The number of nitrogens with zero attached hydrogens (tertiary/aromatic N) is 7. The van der Waals surface area contributed by atoms with Crippen LogP contribution in [0.25, 0.3) is 55.0 Å². The lowest BCUT2D eigenvalue weighted by Gasteiger charge is -2.35. The van der Waals surface area contributed by atoms with Gasteiger partial charge in [0, 0.05) is 58.0 Å². The van der Waals surface area contributed by atoms with Crippen LogP contribution in [-0.4, -0.2) is 83.6 Å². The van der Waals surface area contributed by atoms with Gasteiger partial charge in [0.15, 0.2) is 0 Å². The van der Waals surface area contributed by atoms with Crippen LogP contribution in [0.3, 0.4) is 0 Å². The van der Waals surface area contributed by atoms with Crippen molar-refractivity contribution in [2.24, 2.45) is 10.8 Å². The molecule has 4 aliphatic rings. The molecule has 81 heavy (non-hydrogen) atoms. The maximum Gasteiger partial charge on any atom is 0.430 e. The minimum Gasteiger partial charge on any atom is -0.542 e. The van der Waals surface area contributed by atoms with Crippen molar-refractivity contribution in [3.05, 3.63) is 136 Å². The van der Waals surface area contributed by atoms with Gasteiger partial charge in [-0.2, -0.15) is 13.2 Å². The molecule has 0 amide bonds. The highest BCUT2D eigenvalue weighted by Gasteiger charge is 2.52. The molecule has 0 aliphatic carbocycles. The number of azide groups is 1. The van der Waals surface area contributed by atoms with E-state index in [9.17, 15) is 41.9 Å². The molecule has 0 saturated heterocycles. The summed E-state index contributed by atoms with van der Waals surface area (Å²) in [4.78, 5) is 99.0. The van der Waals surface area contributed by atoms with Crippen LogP contribution in [-0.2, 0) is 93.3 Å². The number of nitrogens with two attached hydrogens (primary N) is 1. The number of hydrogen-bond acceptors (Lipinski definition) is 16. The fraction of sp³-hybridized carbons (Fsp3) is 0.411. The Hall–Kier alpha value is -8.00. The first kappa shape index (κ1) is 59.1. The van der Waals surface area contributed by atoms with E-state index in [1.165, 1.54) is 19.4 Å². The lowest BCUT2D eigenvalue weighted by molar-refractivity contribution is -0.344. The van der Waals surface area contributed by atoms with Crippen LogP contribution >= 0.6 is 0 Å². The summed E-state index contributed by atoms with van der Waals surface area (Å²) >= 11 is 0. The number of cyclic esters (lactones) is 2. The minimum atomic E-state index is -5.19. The van der Waals surface area contributed by atoms with Gasteiger partial charge in [-0.25, -0.2) is 19.6 Å². The number of benzene rings is 2. The van der Waals surface area contributed by atoms with Gasteiger partial charge in [-0.15, -0.1) is 0 Å². The fourth-order valence-electron chi connectivity index (χ4n) is 10.9. The maximum absolute atomic E-state index is 13.8. The summed E-state index contributed by atoms with van der Waals surface area (Å²) in [7, 11) is -3.35. The standard InChI is InChI=1S/C27H29N5O5Si.C27H31N3O5Si.C2HF3O2/c1-5-27(37-16(2)33)21-12-23-24-19(13-32(23)25(34)20(21)14-36-26(27)35)17(10-11-38(3,4)15-29-31-28)18-8-6-7-9-22(18)30-24;1-5-27(35-16(2)31)21-12-23-24-19(13-30(23)25(32)20(21)14-34-26(27)33)17(10-11-36(3,4)15-28)18-8-6-7-9-22(18)29-24;3-2(4,5)1(6)7/h6-9,12H,5,10-11,13-15H2,1-4H3;6-9,12H,5,10-11,13-15,28H2,1-4H3;(H,6,7)/p-1/t2*27-;/m00./s1. The molecule has 20 nitrogen and oxygen atoms in total. The Morgan fingerprint density at radius 2 is 1.12 bits per heavy atom. The number of aliphatic carboxylic acids is 1. The minimum absolute atomic E-state index is 0.134. The monoisotopic (exact) mass is 1150 g/mol. The third kappa shape index (κ3) is 11.1. The first-order valence-corrected chi connectivity index (χ1v) is 33.1. The topological polar surface area (TPSA) is 290 Å². The van der Waals surface area contributed by atoms with Gasteiger partial charge in [0.1, 0.15) is 19.2 Å². The number of ether oxygens (including phenoxy) is 4. The molecular formula is C56H60F3N8O12Si2-. The average molecular weight is 1150 g/mol. The number of para-hydroxylation sites is 2. The van der Waals surface area contributed by atoms with Crippen LogP contribution in [0.1, 0.15) is 85.0 Å². The van der Waals surface area contributed by atoms with Gasteiger partial charge in [0.25, 0.3) is 11.1 Å². The van der Waals surface area contributed by atoms with E-state index in [4.69, 9.17) is 50.1 Å². The van der Waals surface area contributed by atoms with Gasteiger partial charge in [-0.3, -0.25) is 19.2 Å². The molecule has 6 aromatic rings. The van der Waals surface area contributed by atoms with E-state index in [0.29, 0.717) is 64.8 Å². The van der Waals surface area contributed by atoms with Gasteiger partial charge >= 0.3 is 30.1 Å². The number of aromatic nitrogens is 4. The van der Waals surface area contributed by atoms with E-state index in [1.54, 1.807) is 35.1 Å². The van der Waals surface area contributed by atoms with Crippen molar-refractivity contribution in [2.45, 2.75) is 135 Å². The van der Waals surface area contributed by atoms with Gasteiger partial charge in [-0.1, -0.05) is 93.6 Å². The zero-order valence-corrected chi connectivity index (χ0v) is 48.0. The SMILES string of the molecule is CC[C@@]1(OC(C)=O)C(=O)OCc2c1cc1n(c2=O)Cc2c-1nc1ccccc1c2CC[Si](C)(C)CN.CC[C@@]1(OC(C)=O)C(=O)OCc2c1cc1n(c2=O)Cc2c-1nc1ccccc1c2CC[Si](C)(C)CN=[N+]=[N-].O=C([O-])C(F)(F)F. The van der Waals surface area contributed by atoms with Crippen LogP contribution in [0.15, 0.2) is 75.4 Å². The molecule has 10 rings (SSSR count). The second-order valence-corrected chi connectivity index (χ2v) is 32.3. The van der Waals surface area contributed by atoms with Crippen molar-refractivity contribution < 1.29 is 61.2 Å². The number of carbonyl (C=O) groups is 5. The molecule has 426 valence electrons. The van der Waals surface area contributed by atoms with Crippen LogP contribution in [0.2, 0.25) is 38.3 Å².